The zero-order valence-electron chi connectivity index (χ0n) is 16.2. The van der Waals surface area contributed by atoms with Crippen LogP contribution in [0.1, 0.15) is 0 Å². The number of halogens is 2. The fourth-order valence-corrected chi connectivity index (χ4v) is 3.76. The monoisotopic (exact) mass is 445 g/mol. The van der Waals surface area contributed by atoms with Gasteiger partial charge in [-0.3, -0.25) is 24.3 Å². The van der Waals surface area contributed by atoms with Crippen LogP contribution < -0.4 is 10.5 Å². The van der Waals surface area contributed by atoms with Gasteiger partial charge in [-0.1, -0.05) is 11.6 Å². The van der Waals surface area contributed by atoms with Gasteiger partial charge in [0.2, 0.25) is 5.91 Å². The minimum atomic E-state index is -0.493. The van der Waals surface area contributed by atoms with Crippen molar-refractivity contribution in [2.45, 2.75) is 6.54 Å². The van der Waals surface area contributed by atoms with Crippen molar-refractivity contribution >= 4 is 39.8 Å². The molecule has 9 nitrogen and oxygen atoms in total. The van der Waals surface area contributed by atoms with Crippen LogP contribution in [0.5, 0.6) is 0 Å². The molecule has 0 aliphatic carbocycles. The number of anilines is 1. The second-order valence-electron chi connectivity index (χ2n) is 7.10. The van der Waals surface area contributed by atoms with Gasteiger partial charge in [0.15, 0.2) is 0 Å². The molecule has 0 saturated carbocycles. The van der Waals surface area contributed by atoms with E-state index in [9.17, 15) is 24.1 Å². The van der Waals surface area contributed by atoms with Crippen LogP contribution in [-0.2, 0) is 11.3 Å². The molecule has 1 aliphatic heterocycles. The van der Waals surface area contributed by atoms with Crippen molar-refractivity contribution in [1.29, 1.82) is 0 Å². The molecule has 160 valence electrons. The van der Waals surface area contributed by atoms with Crippen LogP contribution in [-0.4, -0.2) is 51.5 Å². The lowest BCUT2D eigenvalue weighted by Crippen LogP contribution is -2.50. The van der Waals surface area contributed by atoms with Crippen molar-refractivity contribution in [1.82, 2.24) is 14.5 Å². The second-order valence-corrected chi connectivity index (χ2v) is 7.53. The fourth-order valence-electron chi connectivity index (χ4n) is 3.60. The number of carbonyl (C=O) groups is 1. The molecule has 1 aliphatic rings. The molecule has 0 unspecified atom stereocenters. The third-order valence-electron chi connectivity index (χ3n) is 5.20. The fraction of sp³-hybridized carbons (Fsp3) is 0.250. The molecule has 1 amide bonds. The summed E-state index contributed by atoms with van der Waals surface area (Å²) in [7, 11) is 0. The zero-order valence-corrected chi connectivity index (χ0v) is 17.0. The molecule has 0 spiro atoms. The van der Waals surface area contributed by atoms with Gasteiger partial charge in [0.25, 0.3) is 11.2 Å². The van der Waals surface area contributed by atoms with Gasteiger partial charge in [0.05, 0.1) is 22.2 Å². The Hall–Kier alpha value is -3.53. The van der Waals surface area contributed by atoms with Gasteiger partial charge in [-0.05, 0) is 24.3 Å². The third kappa shape index (κ3) is 4.19. The largest absolute Gasteiger partial charge is 0.362 e. The number of nitro groups is 1. The molecular weight excluding hydrogens is 429 g/mol. The van der Waals surface area contributed by atoms with E-state index in [1.807, 2.05) is 4.90 Å². The van der Waals surface area contributed by atoms with Crippen molar-refractivity contribution in [3.8, 4) is 0 Å². The number of carbonyl (C=O) groups excluding carboxylic acids is 1. The average molecular weight is 446 g/mol. The molecule has 0 bridgehead atoms. The summed E-state index contributed by atoms with van der Waals surface area (Å²) in [5.41, 5.74) is 0.168. The first-order valence-corrected chi connectivity index (χ1v) is 9.82. The topological polar surface area (TPSA) is 102 Å². The summed E-state index contributed by atoms with van der Waals surface area (Å²) in [4.78, 5) is 43.6. The van der Waals surface area contributed by atoms with Crippen LogP contribution in [0.15, 0.2) is 47.5 Å². The minimum absolute atomic E-state index is 0.0856. The maximum atomic E-state index is 13.3. The SMILES string of the molecule is O=C(Cn1cnc2cc(F)ccc2c1=O)N1CCN(c2ccc(Cl)cc2[N+](=O)[O-])CC1. The van der Waals surface area contributed by atoms with E-state index >= 15 is 0 Å². The van der Waals surface area contributed by atoms with Gasteiger partial charge in [0, 0.05) is 43.3 Å². The van der Waals surface area contributed by atoms with E-state index in [1.54, 1.807) is 17.0 Å². The summed E-state index contributed by atoms with van der Waals surface area (Å²) in [6, 6.07) is 8.18. The number of fused-ring (bicyclic) bond motifs is 1. The Morgan fingerprint density at radius 1 is 1.16 bits per heavy atom. The number of nitrogens with zero attached hydrogens (tertiary/aromatic N) is 5. The Kier molecular flexibility index (Phi) is 5.55. The molecule has 1 fully saturated rings. The Labute approximate surface area is 180 Å². The molecule has 0 N–H and O–H groups in total. The number of aromatic nitrogens is 2. The third-order valence-corrected chi connectivity index (χ3v) is 5.44. The normalized spacial score (nSPS) is 14.1. The standard InChI is InChI=1S/C20H17ClFN5O4/c21-13-1-4-17(18(9-13)27(30)31)24-5-7-25(8-6-24)19(28)11-26-12-23-16-10-14(22)2-3-15(16)20(26)29/h1-4,9-10,12H,5-8,11H2. The summed E-state index contributed by atoms with van der Waals surface area (Å²) in [5.74, 6) is -0.761. The lowest BCUT2D eigenvalue weighted by atomic mass is 10.2. The summed E-state index contributed by atoms with van der Waals surface area (Å²) in [5, 5.41) is 11.8. The molecule has 2 heterocycles. The average Bonchev–Trinajstić information content (AvgIpc) is 2.75. The second kappa shape index (κ2) is 8.31. The summed E-state index contributed by atoms with van der Waals surface area (Å²) in [6.07, 6.45) is 1.23. The number of hydrogen-bond acceptors (Lipinski definition) is 6. The molecule has 4 rings (SSSR count). The lowest BCUT2D eigenvalue weighted by Gasteiger charge is -2.35. The van der Waals surface area contributed by atoms with Crippen LogP contribution >= 0.6 is 11.6 Å². The number of rotatable bonds is 4. The number of amides is 1. The van der Waals surface area contributed by atoms with E-state index in [0.29, 0.717) is 31.9 Å². The van der Waals surface area contributed by atoms with E-state index in [4.69, 9.17) is 11.6 Å². The molecule has 11 heteroatoms. The Balaban J connectivity index is 1.45. The predicted octanol–water partition coefficient (Wildman–Crippen LogP) is 2.45. The summed E-state index contributed by atoms with van der Waals surface area (Å²) < 4.78 is 14.5. The van der Waals surface area contributed by atoms with Gasteiger partial charge >= 0.3 is 0 Å². The summed E-state index contributed by atoms with van der Waals surface area (Å²) >= 11 is 5.87. The molecule has 1 aromatic heterocycles. The molecule has 1 saturated heterocycles. The van der Waals surface area contributed by atoms with Crippen molar-refractivity contribution in [3.05, 3.63) is 74.0 Å². The zero-order chi connectivity index (χ0) is 22.1. The van der Waals surface area contributed by atoms with Gasteiger partial charge in [-0.2, -0.15) is 0 Å². The maximum absolute atomic E-state index is 13.3. The Morgan fingerprint density at radius 3 is 2.61 bits per heavy atom. The highest BCUT2D eigenvalue weighted by molar-refractivity contribution is 6.30. The van der Waals surface area contributed by atoms with Gasteiger partial charge < -0.3 is 9.80 Å². The van der Waals surface area contributed by atoms with Crippen LogP contribution in [0.3, 0.4) is 0 Å². The highest BCUT2D eigenvalue weighted by atomic mass is 35.5. The van der Waals surface area contributed by atoms with Crippen molar-refractivity contribution in [2.24, 2.45) is 0 Å². The van der Waals surface area contributed by atoms with E-state index in [-0.39, 0.29) is 34.1 Å². The first kappa shape index (κ1) is 20.7. The van der Waals surface area contributed by atoms with Crippen molar-refractivity contribution in [2.75, 3.05) is 31.1 Å². The number of piperazine rings is 1. The van der Waals surface area contributed by atoms with E-state index < -0.39 is 16.3 Å². The molecule has 3 aromatic rings. The van der Waals surface area contributed by atoms with Crippen LogP contribution in [0.4, 0.5) is 15.8 Å². The summed E-state index contributed by atoms with van der Waals surface area (Å²) in [6.45, 7) is 1.30. The van der Waals surface area contributed by atoms with Crippen LogP contribution in [0, 0.1) is 15.9 Å². The lowest BCUT2D eigenvalue weighted by molar-refractivity contribution is -0.384. The van der Waals surface area contributed by atoms with Gasteiger partial charge in [0.1, 0.15) is 18.0 Å². The van der Waals surface area contributed by atoms with Gasteiger partial charge in [-0.15, -0.1) is 0 Å². The van der Waals surface area contributed by atoms with E-state index in [1.165, 1.54) is 29.1 Å². The molecule has 2 aromatic carbocycles. The van der Waals surface area contributed by atoms with Crippen molar-refractivity contribution in [3.63, 3.8) is 0 Å². The highest BCUT2D eigenvalue weighted by Gasteiger charge is 2.26. The molecule has 0 radical (unpaired) electrons. The molecule has 31 heavy (non-hydrogen) atoms. The number of nitro benzene ring substituents is 1. The van der Waals surface area contributed by atoms with Crippen LogP contribution in [0.2, 0.25) is 5.02 Å². The van der Waals surface area contributed by atoms with Crippen LogP contribution in [0.25, 0.3) is 10.9 Å². The quantitative estimate of drug-likeness (QED) is 0.451. The smallest absolute Gasteiger partial charge is 0.294 e. The number of hydrogen-bond donors (Lipinski definition) is 0. The van der Waals surface area contributed by atoms with Crippen molar-refractivity contribution < 1.29 is 14.1 Å². The van der Waals surface area contributed by atoms with E-state index in [0.717, 1.165) is 6.07 Å². The first-order chi connectivity index (χ1) is 14.8. The highest BCUT2D eigenvalue weighted by Crippen LogP contribution is 2.31. The predicted molar refractivity (Wildman–Crippen MR) is 113 cm³/mol. The number of benzene rings is 2. The van der Waals surface area contributed by atoms with Gasteiger partial charge in [-0.25, -0.2) is 9.37 Å². The maximum Gasteiger partial charge on any atom is 0.294 e. The Morgan fingerprint density at radius 2 is 1.90 bits per heavy atom. The van der Waals surface area contributed by atoms with E-state index in [2.05, 4.69) is 4.98 Å². The Bertz CT molecular complexity index is 1240. The minimum Gasteiger partial charge on any atom is -0.362 e. The molecule has 0 atom stereocenters. The molecular formula is C20H17ClFN5O4. The first-order valence-electron chi connectivity index (χ1n) is 9.45.